The molecular weight excluding hydrogens is 466 g/mol. The zero-order valence-corrected chi connectivity index (χ0v) is 17.5. The van der Waals surface area contributed by atoms with Gasteiger partial charge in [-0.05, 0) is 0 Å². The average Bonchev–Trinajstić information content (AvgIpc) is 2.92. The van der Waals surface area contributed by atoms with E-state index in [-0.39, 0.29) is 44.3 Å². The van der Waals surface area contributed by atoms with Gasteiger partial charge in [-0.3, -0.25) is 0 Å². The van der Waals surface area contributed by atoms with Crippen LogP contribution in [-0.4, -0.2) is 191 Å². The van der Waals surface area contributed by atoms with Crippen LogP contribution in [0.2, 0.25) is 0 Å². The van der Waals surface area contributed by atoms with E-state index < -0.39 is 80.6 Å². The topological polar surface area (TPSA) is 230 Å². The number of aliphatic carboxylic acids is 1. The van der Waals surface area contributed by atoms with Crippen molar-refractivity contribution in [3.8, 4) is 0 Å². The molecule has 0 bridgehead atoms. The van der Waals surface area contributed by atoms with Gasteiger partial charge in [0.25, 0.3) is 0 Å². The van der Waals surface area contributed by atoms with E-state index in [1.54, 1.807) is 21.1 Å². The summed E-state index contributed by atoms with van der Waals surface area (Å²) in [5.74, 6) is -3.22. The maximum atomic E-state index is 10.00. The van der Waals surface area contributed by atoms with Crippen LogP contribution in [-0.2, 0) is 19.0 Å². The van der Waals surface area contributed by atoms with Gasteiger partial charge in [0.15, 0.2) is 6.29 Å². The van der Waals surface area contributed by atoms with E-state index in [2.05, 4.69) is 0 Å². The molecule has 8 N–H and O–H groups in total. The van der Waals surface area contributed by atoms with Crippen molar-refractivity contribution in [1.82, 2.24) is 0 Å². The standard InChI is InChI=1S/C12H22O11.C5H11NO2.Ca.2H/c13-1-4-6(16)8(18)9(19)11(21-4)23-12(3-15)10(20)7(17)5(2-14)22-12;1-6(2,3)4-5(7)8;;;/h4-11,13-20H,1-3H2;4H2,1-3H3;;;/t4-,5-,6-,7-,8+,9-,10+,11-,12+;;;;/m1..../s1. The molecule has 15 heteroatoms. The predicted octanol–water partition coefficient (Wildman–Crippen LogP) is -7.87. The maximum absolute atomic E-state index is 10.00. The molecule has 9 atom stereocenters. The molecular formula is C17H35CaNO13. The molecule has 2 heterocycles. The van der Waals surface area contributed by atoms with Gasteiger partial charge in [-0.2, -0.15) is 0 Å². The summed E-state index contributed by atoms with van der Waals surface area (Å²) in [6.07, 6.45) is -12.7. The van der Waals surface area contributed by atoms with Gasteiger partial charge in [-0.15, -0.1) is 0 Å². The van der Waals surface area contributed by atoms with Crippen LogP contribution in [0.25, 0.3) is 0 Å². The fourth-order valence-corrected chi connectivity index (χ4v) is 3.02. The van der Waals surface area contributed by atoms with E-state index in [1.165, 1.54) is 0 Å². The first kappa shape index (κ1) is 32.2. The zero-order chi connectivity index (χ0) is 24.1. The third-order valence-electron chi connectivity index (χ3n) is 4.67. The fraction of sp³-hybridized carbons (Fsp3) is 0.941. The number of hydrogen-bond acceptors (Lipinski definition) is 13. The normalized spacial score (nSPS) is 39.6. The summed E-state index contributed by atoms with van der Waals surface area (Å²) in [5.41, 5.74) is 0. The van der Waals surface area contributed by atoms with E-state index >= 15 is 0 Å². The van der Waals surface area contributed by atoms with Crippen LogP contribution in [0.5, 0.6) is 0 Å². The number of aliphatic hydroxyl groups excluding tert-OH is 8. The third kappa shape index (κ3) is 8.18. The number of carbonyl (C=O) groups is 1. The number of ether oxygens (including phenoxy) is 3. The van der Waals surface area contributed by atoms with Crippen LogP contribution in [0.15, 0.2) is 0 Å². The second kappa shape index (κ2) is 13.4. The first-order valence-electron chi connectivity index (χ1n) is 9.47. The minimum atomic E-state index is -2.22. The van der Waals surface area contributed by atoms with Crippen molar-refractivity contribution in [2.45, 2.75) is 54.8 Å². The zero-order valence-electron chi connectivity index (χ0n) is 17.5. The van der Waals surface area contributed by atoms with Crippen molar-refractivity contribution in [2.75, 3.05) is 47.5 Å². The van der Waals surface area contributed by atoms with Crippen LogP contribution in [0.3, 0.4) is 0 Å². The van der Waals surface area contributed by atoms with E-state index in [0.29, 0.717) is 4.48 Å². The second-order valence-corrected chi connectivity index (χ2v) is 8.38. The molecule has 2 aliphatic heterocycles. The minimum absolute atomic E-state index is 0. The number of carbonyl (C=O) groups excluding carboxylic acids is 1. The van der Waals surface area contributed by atoms with Gasteiger partial charge in [0.1, 0.15) is 55.9 Å². The second-order valence-electron chi connectivity index (χ2n) is 8.38. The number of nitrogens with zero attached hydrogens (tertiary/aromatic N) is 1. The molecule has 2 rings (SSSR count). The molecule has 14 nitrogen and oxygen atoms in total. The summed E-state index contributed by atoms with van der Waals surface area (Å²) in [6, 6.07) is 0. The van der Waals surface area contributed by atoms with Gasteiger partial charge in [-0.25, -0.2) is 0 Å². The number of aliphatic hydroxyl groups is 8. The van der Waals surface area contributed by atoms with E-state index in [9.17, 15) is 40.5 Å². The van der Waals surface area contributed by atoms with Crippen LogP contribution in [0.1, 0.15) is 0 Å². The van der Waals surface area contributed by atoms with E-state index in [4.69, 9.17) is 24.4 Å². The molecule has 0 aromatic heterocycles. The van der Waals surface area contributed by atoms with Crippen LogP contribution in [0, 0.1) is 0 Å². The first-order valence-corrected chi connectivity index (χ1v) is 9.47. The van der Waals surface area contributed by atoms with Crippen molar-refractivity contribution in [3.63, 3.8) is 0 Å². The van der Waals surface area contributed by atoms with Gasteiger partial charge in [0.2, 0.25) is 5.79 Å². The molecule has 0 aromatic carbocycles. The third-order valence-corrected chi connectivity index (χ3v) is 4.67. The van der Waals surface area contributed by atoms with Crippen molar-refractivity contribution < 1.29 is 69.4 Å². The fourth-order valence-electron chi connectivity index (χ4n) is 3.02. The number of hydrogen-bond donors (Lipinski definition) is 8. The summed E-state index contributed by atoms with van der Waals surface area (Å²) in [6.45, 7) is -2.25. The molecule has 0 spiro atoms. The van der Waals surface area contributed by atoms with Gasteiger partial charge in [0.05, 0.1) is 40.3 Å². The van der Waals surface area contributed by atoms with Gasteiger partial charge < -0.3 is 69.4 Å². The predicted molar refractivity (Wildman–Crippen MR) is 105 cm³/mol. The molecule has 0 saturated carbocycles. The summed E-state index contributed by atoms with van der Waals surface area (Å²) in [7, 11) is 5.40. The number of carboxylic acids is 1. The number of quaternary nitrogens is 1. The Morgan fingerprint density at radius 1 is 0.938 bits per heavy atom. The van der Waals surface area contributed by atoms with Gasteiger partial charge in [0, 0.05) is 0 Å². The van der Waals surface area contributed by atoms with Gasteiger partial charge in [-0.1, -0.05) is 0 Å². The molecule has 2 fully saturated rings. The molecule has 188 valence electrons. The molecule has 0 aromatic rings. The monoisotopic (exact) mass is 501 g/mol. The average molecular weight is 502 g/mol. The molecule has 0 aliphatic carbocycles. The molecule has 2 saturated heterocycles. The Kier molecular flexibility index (Phi) is 13.5. The van der Waals surface area contributed by atoms with Crippen LogP contribution < -0.4 is 5.11 Å². The Bertz CT molecular complexity index is 577. The number of likely N-dealkylation sites (N-methyl/N-ethyl adjacent to an activating group) is 1. The van der Waals surface area contributed by atoms with Crippen molar-refractivity contribution in [2.24, 2.45) is 0 Å². The Hall–Kier alpha value is 0.250. The van der Waals surface area contributed by atoms with Crippen LogP contribution >= 0.6 is 0 Å². The molecule has 0 amide bonds. The molecule has 32 heavy (non-hydrogen) atoms. The Labute approximate surface area is 214 Å². The first-order chi connectivity index (χ1) is 14.2. The summed E-state index contributed by atoms with van der Waals surface area (Å²) < 4.78 is 15.9. The summed E-state index contributed by atoms with van der Waals surface area (Å²) in [4.78, 5) is 9.89. The quantitative estimate of drug-likeness (QED) is 0.120. The molecule has 2 aliphatic rings. The Morgan fingerprint density at radius 2 is 1.47 bits per heavy atom. The van der Waals surface area contributed by atoms with E-state index in [1.807, 2.05) is 0 Å². The van der Waals surface area contributed by atoms with E-state index in [0.717, 1.165) is 0 Å². The van der Waals surface area contributed by atoms with Crippen LogP contribution in [0.4, 0.5) is 0 Å². The molecule has 0 radical (unpaired) electrons. The molecule has 0 unspecified atom stereocenters. The SMILES string of the molecule is C[N+](C)(C)CC(=O)[O-].OC[C@H]1O[C@@](CO)(O[C@H]2O[C@H](CO)[C@@H](O)[C@H](O)[C@H]2O)[C@@H](O)[C@@H]1O.[CaH2]. The Balaban J connectivity index is 0.000000917. The summed E-state index contributed by atoms with van der Waals surface area (Å²) >= 11 is 0. The van der Waals surface area contributed by atoms with Gasteiger partial charge >= 0.3 is 37.7 Å². The van der Waals surface area contributed by atoms with Crippen molar-refractivity contribution >= 4 is 43.7 Å². The number of carboxylic acid groups (broad SMARTS) is 1. The van der Waals surface area contributed by atoms with Crippen molar-refractivity contribution in [1.29, 1.82) is 0 Å². The Morgan fingerprint density at radius 3 is 1.81 bits per heavy atom. The van der Waals surface area contributed by atoms with Crippen molar-refractivity contribution in [3.05, 3.63) is 0 Å². The summed E-state index contributed by atoms with van der Waals surface area (Å²) in [5, 5.41) is 86.6. The number of rotatable bonds is 7.